The fourth-order valence-corrected chi connectivity index (χ4v) is 9.48. The highest BCUT2D eigenvalue weighted by Crippen LogP contribution is 2.55. The minimum absolute atomic E-state index is 0.269. The summed E-state index contributed by atoms with van der Waals surface area (Å²) in [6.45, 7) is 4.61. The number of rotatable bonds is 4. The van der Waals surface area contributed by atoms with Crippen LogP contribution in [0.5, 0.6) is 0 Å². The van der Waals surface area contributed by atoms with Gasteiger partial charge in [-0.1, -0.05) is 166 Å². The molecule has 0 unspecified atom stereocenters. The van der Waals surface area contributed by atoms with Gasteiger partial charge in [-0.15, -0.1) is 0 Å². The van der Waals surface area contributed by atoms with Crippen molar-refractivity contribution in [2.24, 2.45) is 0 Å². The van der Waals surface area contributed by atoms with Gasteiger partial charge in [-0.2, -0.15) is 0 Å². The smallest absolute Gasteiger partial charge is 0.164 e. The Morgan fingerprint density at radius 2 is 0.879 bits per heavy atom. The van der Waals surface area contributed by atoms with Gasteiger partial charge >= 0.3 is 0 Å². The van der Waals surface area contributed by atoms with Crippen LogP contribution in [0.25, 0.3) is 111 Å². The molecule has 1 aliphatic carbocycles. The van der Waals surface area contributed by atoms with Crippen LogP contribution in [-0.4, -0.2) is 15.0 Å². The number of nitrogens with zero attached hydrogens (tertiary/aromatic N) is 3. The van der Waals surface area contributed by atoms with Crippen molar-refractivity contribution in [3.05, 3.63) is 187 Å². The summed E-state index contributed by atoms with van der Waals surface area (Å²) < 4.78 is 7.03. The van der Waals surface area contributed by atoms with Crippen molar-refractivity contribution in [1.29, 1.82) is 0 Å². The van der Waals surface area contributed by atoms with Gasteiger partial charge in [0.15, 0.2) is 17.5 Å². The van der Waals surface area contributed by atoms with Gasteiger partial charge < -0.3 is 4.42 Å². The van der Waals surface area contributed by atoms with Gasteiger partial charge in [-0.05, 0) is 84.4 Å². The summed E-state index contributed by atoms with van der Waals surface area (Å²) in [5.74, 6) is 1.87. The Hall–Kier alpha value is -7.43. The van der Waals surface area contributed by atoms with Crippen LogP contribution in [0, 0.1) is 0 Å². The highest BCUT2D eigenvalue weighted by molar-refractivity contribution is 6.26. The van der Waals surface area contributed by atoms with Gasteiger partial charge in [-0.25, -0.2) is 15.0 Å². The predicted molar refractivity (Wildman–Crippen MR) is 239 cm³/mol. The van der Waals surface area contributed by atoms with E-state index in [4.69, 9.17) is 19.4 Å². The Labute approximate surface area is 335 Å². The highest BCUT2D eigenvalue weighted by Gasteiger charge is 2.39. The van der Waals surface area contributed by atoms with Crippen molar-refractivity contribution >= 4 is 54.3 Å². The zero-order valence-electron chi connectivity index (χ0n) is 32.0. The van der Waals surface area contributed by atoms with Gasteiger partial charge in [0, 0.05) is 38.4 Å². The molecule has 0 saturated carbocycles. The van der Waals surface area contributed by atoms with E-state index in [0.29, 0.717) is 17.5 Å². The maximum Gasteiger partial charge on any atom is 0.164 e. The third-order valence-electron chi connectivity index (χ3n) is 12.3. The van der Waals surface area contributed by atoms with Crippen molar-refractivity contribution < 1.29 is 4.42 Å². The zero-order valence-corrected chi connectivity index (χ0v) is 32.0. The number of furan rings is 1. The number of hydrogen-bond acceptors (Lipinski definition) is 4. The summed E-state index contributed by atoms with van der Waals surface area (Å²) in [6.07, 6.45) is 0. The van der Waals surface area contributed by atoms with Crippen LogP contribution in [0.3, 0.4) is 0 Å². The molecule has 0 saturated heterocycles. The summed E-state index contributed by atoms with van der Waals surface area (Å²) in [4.78, 5) is 15.6. The molecule has 4 heteroatoms. The second-order valence-corrected chi connectivity index (χ2v) is 15.9. The van der Waals surface area contributed by atoms with E-state index in [0.717, 1.165) is 55.3 Å². The van der Waals surface area contributed by atoms with E-state index >= 15 is 0 Å². The van der Waals surface area contributed by atoms with E-state index in [9.17, 15) is 0 Å². The van der Waals surface area contributed by atoms with Crippen molar-refractivity contribution in [1.82, 2.24) is 15.0 Å². The van der Waals surface area contributed by atoms with Crippen LogP contribution in [0.15, 0.2) is 180 Å². The Kier molecular flexibility index (Phi) is 6.94. The average Bonchev–Trinajstić information content (AvgIpc) is 3.78. The van der Waals surface area contributed by atoms with E-state index in [1.54, 1.807) is 0 Å². The van der Waals surface area contributed by atoms with Gasteiger partial charge in [0.2, 0.25) is 0 Å². The first-order valence-electron chi connectivity index (χ1n) is 19.9. The number of benzene rings is 9. The quantitative estimate of drug-likeness (QED) is 0.169. The number of fused-ring (bicyclic) bond motifs is 13. The second kappa shape index (κ2) is 12.3. The van der Waals surface area contributed by atoms with E-state index in [2.05, 4.69) is 153 Å². The van der Waals surface area contributed by atoms with E-state index in [-0.39, 0.29) is 5.41 Å². The topological polar surface area (TPSA) is 51.8 Å². The van der Waals surface area contributed by atoms with Gasteiger partial charge in [0.05, 0.1) is 0 Å². The van der Waals surface area contributed by atoms with Crippen LogP contribution in [0.1, 0.15) is 25.0 Å². The average molecular weight is 742 g/mol. The van der Waals surface area contributed by atoms with Crippen LogP contribution >= 0.6 is 0 Å². The summed E-state index contributed by atoms with van der Waals surface area (Å²) in [5, 5.41) is 9.59. The first-order valence-corrected chi connectivity index (χ1v) is 19.9. The first-order chi connectivity index (χ1) is 28.5. The molecule has 0 aliphatic heterocycles. The summed E-state index contributed by atoms with van der Waals surface area (Å²) >= 11 is 0. The summed E-state index contributed by atoms with van der Waals surface area (Å²) in [6, 6.07) is 62.4. The fraction of sp³-hybridized carbons (Fsp3) is 0.0556. The molecule has 0 N–H and O–H groups in total. The van der Waals surface area contributed by atoms with Gasteiger partial charge in [-0.3, -0.25) is 0 Å². The third kappa shape index (κ3) is 4.78. The van der Waals surface area contributed by atoms with E-state index < -0.39 is 0 Å². The third-order valence-corrected chi connectivity index (χ3v) is 12.3. The molecule has 0 fully saturated rings. The molecule has 2 aromatic heterocycles. The van der Waals surface area contributed by atoms with Gasteiger partial charge in [0.25, 0.3) is 0 Å². The highest BCUT2D eigenvalue weighted by atomic mass is 16.3. The van der Waals surface area contributed by atoms with Crippen LogP contribution < -0.4 is 0 Å². The van der Waals surface area contributed by atoms with E-state index in [1.807, 2.05) is 36.4 Å². The lowest BCUT2D eigenvalue weighted by Crippen LogP contribution is -2.15. The molecule has 12 rings (SSSR count). The molecule has 11 aromatic rings. The Bertz CT molecular complexity index is 3380. The Morgan fingerprint density at radius 3 is 1.52 bits per heavy atom. The largest absolute Gasteiger partial charge is 0.455 e. The van der Waals surface area contributed by atoms with Crippen molar-refractivity contribution in [3.63, 3.8) is 0 Å². The molecule has 2 heterocycles. The maximum absolute atomic E-state index is 7.03. The monoisotopic (exact) mass is 741 g/mol. The minimum Gasteiger partial charge on any atom is -0.455 e. The molecular formula is C54H35N3O. The standard InChI is InChI=1S/C54H35N3O/c1-54(2)45-24-14-13-23-41(45)49-46(54)31-44(53-56-51(32-15-5-3-6-16-32)55-52(57-53)33-17-7-4-8-18-33)48-43-30-35(26-28-47(43)58-50(48)49)34-25-27-40-38-21-10-9-19-36(38)37-20-11-12-22-39(37)42(40)29-34/h3-31H,1-2H3. The first kappa shape index (κ1) is 32.8. The lowest BCUT2D eigenvalue weighted by atomic mass is 9.81. The molecule has 58 heavy (non-hydrogen) atoms. The Morgan fingerprint density at radius 1 is 0.379 bits per heavy atom. The van der Waals surface area contributed by atoms with Crippen LogP contribution in [0.2, 0.25) is 0 Å². The SMILES string of the molecule is CC1(C)c2ccccc2-c2c1cc(-c1nc(-c3ccccc3)nc(-c3ccccc3)n1)c1c2oc2ccc(-c3ccc4c5ccccc5c5ccccc5c4c3)cc21. The number of hydrogen-bond donors (Lipinski definition) is 0. The van der Waals surface area contributed by atoms with Crippen molar-refractivity contribution in [2.75, 3.05) is 0 Å². The van der Waals surface area contributed by atoms with Crippen molar-refractivity contribution in [2.45, 2.75) is 19.3 Å². The second-order valence-electron chi connectivity index (χ2n) is 15.9. The maximum atomic E-state index is 7.03. The number of aromatic nitrogens is 3. The van der Waals surface area contributed by atoms with E-state index in [1.165, 1.54) is 49.0 Å². The van der Waals surface area contributed by atoms with Gasteiger partial charge in [0.1, 0.15) is 11.2 Å². The lowest BCUT2D eigenvalue weighted by Gasteiger charge is -2.22. The molecular weight excluding hydrogens is 707 g/mol. The normalized spacial score (nSPS) is 13.1. The molecule has 4 nitrogen and oxygen atoms in total. The molecule has 0 spiro atoms. The fourth-order valence-electron chi connectivity index (χ4n) is 9.48. The van der Waals surface area contributed by atoms with Crippen LogP contribution in [0.4, 0.5) is 0 Å². The zero-order chi connectivity index (χ0) is 38.5. The van der Waals surface area contributed by atoms with Crippen LogP contribution in [-0.2, 0) is 5.41 Å². The molecule has 0 bridgehead atoms. The summed E-state index contributed by atoms with van der Waals surface area (Å²) in [7, 11) is 0. The molecule has 9 aromatic carbocycles. The Balaban J connectivity index is 1.15. The lowest BCUT2D eigenvalue weighted by molar-refractivity contribution is 0.653. The molecule has 0 atom stereocenters. The molecule has 1 aliphatic rings. The predicted octanol–water partition coefficient (Wildman–Crippen LogP) is 14.2. The molecule has 0 amide bonds. The van der Waals surface area contributed by atoms with Crippen molar-refractivity contribution in [3.8, 4) is 56.4 Å². The summed E-state index contributed by atoms with van der Waals surface area (Å²) in [5.41, 5.74) is 11.3. The molecule has 272 valence electrons. The minimum atomic E-state index is -0.269. The molecule has 0 radical (unpaired) electrons.